The summed E-state index contributed by atoms with van der Waals surface area (Å²) in [7, 11) is 1.48. The lowest BCUT2D eigenvalue weighted by atomic mass is 10.1. The van der Waals surface area contributed by atoms with Gasteiger partial charge in [-0.15, -0.1) is 11.3 Å². The zero-order valence-corrected chi connectivity index (χ0v) is 16.1. The number of hydrogen-bond donors (Lipinski definition) is 1. The molecule has 3 rings (SSSR count). The van der Waals surface area contributed by atoms with Crippen LogP contribution in [0.5, 0.6) is 5.75 Å². The molecule has 0 unspecified atom stereocenters. The number of carbonyl (C=O) groups is 1. The van der Waals surface area contributed by atoms with Crippen LogP contribution in [0.25, 0.3) is 16.3 Å². The maximum atomic E-state index is 13.0. The van der Waals surface area contributed by atoms with E-state index in [-0.39, 0.29) is 24.7 Å². The standard InChI is InChI=1S/C20H17F3N2O3S/c1-27-10-11-28-16-7-6-13(20(21,22)23)12-15(16)24-18(26)8-9-19-25-14-4-2-3-5-17(14)29-19/h2-9,12H,10-11H2,1H3,(H,24,26)/b9-8+. The number of alkyl halides is 3. The molecule has 29 heavy (non-hydrogen) atoms. The topological polar surface area (TPSA) is 60.5 Å². The van der Waals surface area contributed by atoms with Crippen LogP contribution in [0.3, 0.4) is 0 Å². The van der Waals surface area contributed by atoms with Crippen molar-refractivity contribution >= 4 is 39.2 Å². The van der Waals surface area contributed by atoms with Crippen LogP contribution in [0.4, 0.5) is 18.9 Å². The Morgan fingerprint density at radius 2 is 2.00 bits per heavy atom. The number of thiazole rings is 1. The Kier molecular flexibility index (Phi) is 6.50. The molecule has 0 radical (unpaired) electrons. The minimum atomic E-state index is -4.54. The molecular formula is C20H17F3N2O3S. The van der Waals surface area contributed by atoms with E-state index in [4.69, 9.17) is 9.47 Å². The van der Waals surface area contributed by atoms with E-state index >= 15 is 0 Å². The molecule has 1 aromatic heterocycles. The van der Waals surface area contributed by atoms with E-state index in [1.165, 1.54) is 36.7 Å². The summed E-state index contributed by atoms with van der Waals surface area (Å²) in [5.41, 5.74) is -0.152. The van der Waals surface area contributed by atoms with E-state index in [0.29, 0.717) is 5.01 Å². The van der Waals surface area contributed by atoms with Crippen molar-refractivity contribution in [2.24, 2.45) is 0 Å². The number of carbonyl (C=O) groups excluding carboxylic acids is 1. The number of nitrogens with zero attached hydrogens (tertiary/aromatic N) is 1. The van der Waals surface area contributed by atoms with E-state index < -0.39 is 17.6 Å². The van der Waals surface area contributed by atoms with Crippen LogP contribution >= 0.6 is 11.3 Å². The number of nitrogens with one attached hydrogen (secondary N) is 1. The predicted molar refractivity (Wildman–Crippen MR) is 106 cm³/mol. The van der Waals surface area contributed by atoms with Gasteiger partial charge in [0.05, 0.1) is 28.1 Å². The molecule has 2 aromatic carbocycles. The molecule has 0 bridgehead atoms. The van der Waals surface area contributed by atoms with Gasteiger partial charge in [-0.25, -0.2) is 4.98 Å². The Labute approximate surface area is 168 Å². The van der Waals surface area contributed by atoms with Gasteiger partial charge in [0.15, 0.2) is 0 Å². The fourth-order valence-corrected chi connectivity index (χ4v) is 3.32. The molecule has 1 amide bonds. The Hall–Kier alpha value is -2.91. The molecule has 9 heteroatoms. The Morgan fingerprint density at radius 3 is 2.72 bits per heavy atom. The van der Waals surface area contributed by atoms with Gasteiger partial charge in [0.1, 0.15) is 17.4 Å². The van der Waals surface area contributed by atoms with E-state index in [1.54, 1.807) is 0 Å². The van der Waals surface area contributed by atoms with Crippen LogP contribution in [0.2, 0.25) is 0 Å². The number of methoxy groups -OCH3 is 1. The minimum Gasteiger partial charge on any atom is -0.489 e. The summed E-state index contributed by atoms with van der Waals surface area (Å²) in [5, 5.41) is 3.05. The Bertz CT molecular complexity index is 998. The van der Waals surface area contributed by atoms with Crippen molar-refractivity contribution in [3.05, 3.63) is 59.1 Å². The molecule has 0 saturated carbocycles. The lowest BCUT2D eigenvalue weighted by Gasteiger charge is -2.14. The predicted octanol–water partition coefficient (Wildman–Crippen LogP) is 4.99. The summed E-state index contributed by atoms with van der Waals surface area (Å²) in [6, 6.07) is 10.4. The number of amides is 1. The molecule has 0 aliphatic heterocycles. The number of halogens is 3. The first-order chi connectivity index (χ1) is 13.9. The van der Waals surface area contributed by atoms with Gasteiger partial charge in [0.2, 0.25) is 5.91 Å². The largest absolute Gasteiger partial charge is 0.489 e. The number of para-hydroxylation sites is 1. The molecule has 0 atom stereocenters. The molecule has 5 nitrogen and oxygen atoms in total. The average Bonchev–Trinajstić information content (AvgIpc) is 3.10. The quantitative estimate of drug-likeness (QED) is 0.430. The van der Waals surface area contributed by atoms with Gasteiger partial charge in [0.25, 0.3) is 0 Å². The van der Waals surface area contributed by atoms with Crippen LogP contribution in [0, 0.1) is 0 Å². The molecule has 0 aliphatic rings. The monoisotopic (exact) mass is 422 g/mol. The highest BCUT2D eigenvalue weighted by Gasteiger charge is 2.31. The number of hydrogen-bond acceptors (Lipinski definition) is 5. The van der Waals surface area contributed by atoms with Crippen molar-refractivity contribution < 1.29 is 27.4 Å². The fraction of sp³-hybridized carbons (Fsp3) is 0.200. The summed E-state index contributed by atoms with van der Waals surface area (Å²) >= 11 is 1.40. The molecule has 0 spiro atoms. The zero-order chi connectivity index (χ0) is 20.9. The molecule has 0 fully saturated rings. The summed E-state index contributed by atoms with van der Waals surface area (Å²) in [6.07, 6.45) is -1.81. The van der Waals surface area contributed by atoms with E-state index in [0.717, 1.165) is 22.3 Å². The highest BCUT2D eigenvalue weighted by Crippen LogP contribution is 2.35. The molecule has 1 N–H and O–H groups in total. The number of benzene rings is 2. The number of fused-ring (bicyclic) bond motifs is 1. The highest BCUT2D eigenvalue weighted by molar-refractivity contribution is 7.19. The second-order valence-electron chi connectivity index (χ2n) is 5.89. The first-order valence-electron chi connectivity index (χ1n) is 8.54. The van der Waals surface area contributed by atoms with E-state index in [9.17, 15) is 18.0 Å². The Morgan fingerprint density at radius 1 is 1.21 bits per heavy atom. The number of ether oxygens (including phenoxy) is 2. The van der Waals surface area contributed by atoms with E-state index in [1.807, 2.05) is 24.3 Å². The van der Waals surface area contributed by atoms with Crippen LogP contribution in [-0.4, -0.2) is 31.2 Å². The van der Waals surface area contributed by atoms with Gasteiger partial charge in [-0.05, 0) is 36.4 Å². The number of rotatable bonds is 7. The molecular weight excluding hydrogens is 405 g/mol. The van der Waals surface area contributed by atoms with Crippen molar-refractivity contribution in [2.75, 3.05) is 25.6 Å². The lowest BCUT2D eigenvalue weighted by molar-refractivity contribution is -0.137. The maximum Gasteiger partial charge on any atom is 0.416 e. The fourth-order valence-electron chi connectivity index (χ4n) is 2.45. The summed E-state index contributed by atoms with van der Waals surface area (Å²) in [6.45, 7) is 0.387. The SMILES string of the molecule is COCCOc1ccc(C(F)(F)F)cc1NC(=O)/C=C/c1nc2ccccc2s1. The van der Waals surface area contributed by atoms with Crippen LogP contribution in [0.1, 0.15) is 10.6 Å². The van der Waals surface area contributed by atoms with E-state index in [2.05, 4.69) is 10.3 Å². The molecule has 152 valence electrons. The molecule has 0 saturated heterocycles. The summed E-state index contributed by atoms with van der Waals surface area (Å²) in [4.78, 5) is 16.6. The second-order valence-corrected chi connectivity index (χ2v) is 6.95. The third-order valence-electron chi connectivity index (χ3n) is 3.80. The van der Waals surface area contributed by atoms with Crippen LogP contribution < -0.4 is 10.1 Å². The highest BCUT2D eigenvalue weighted by atomic mass is 32.1. The molecule has 0 aliphatic carbocycles. The number of anilines is 1. The molecule has 1 heterocycles. The third-order valence-corrected chi connectivity index (χ3v) is 4.80. The van der Waals surface area contributed by atoms with Crippen LogP contribution in [-0.2, 0) is 15.7 Å². The van der Waals surface area contributed by atoms with Gasteiger partial charge in [0, 0.05) is 13.2 Å². The number of aromatic nitrogens is 1. The smallest absolute Gasteiger partial charge is 0.416 e. The molecule has 3 aromatic rings. The van der Waals surface area contributed by atoms with Crippen LogP contribution in [0.15, 0.2) is 48.5 Å². The van der Waals surface area contributed by atoms with Crippen molar-refractivity contribution in [1.29, 1.82) is 0 Å². The van der Waals surface area contributed by atoms with Gasteiger partial charge < -0.3 is 14.8 Å². The zero-order valence-electron chi connectivity index (χ0n) is 15.3. The maximum absolute atomic E-state index is 13.0. The summed E-state index contributed by atoms with van der Waals surface area (Å²) < 4.78 is 50.3. The van der Waals surface area contributed by atoms with Crippen molar-refractivity contribution in [2.45, 2.75) is 6.18 Å². The normalized spacial score (nSPS) is 11.9. The average molecular weight is 422 g/mol. The van der Waals surface area contributed by atoms with Gasteiger partial charge >= 0.3 is 6.18 Å². The van der Waals surface area contributed by atoms with Gasteiger partial charge in [-0.3, -0.25) is 4.79 Å². The lowest BCUT2D eigenvalue weighted by Crippen LogP contribution is -2.13. The second kappa shape index (κ2) is 9.06. The van der Waals surface area contributed by atoms with Gasteiger partial charge in [-0.2, -0.15) is 13.2 Å². The third kappa shape index (κ3) is 5.55. The van der Waals surface area contributed by atoms with Crippen molar-refractivity contribution in [1.82, 2.24) is 4.98 Å². The first kappa shape index (κ1) is 20.8. The first-order valence-corrected chi connectivity index (χ1v) is 9.36. The van der Waals surface area contributed by atoms with Crippen molar-refractivity contribution in [3.8, 4) is 5.75 Å². The summed E-state index contributed by atoms with van der Waals surface area (Å²) in [5.74, 6) is -0.475. The van der Waals surface area contributed by atoms with Crippen molar-refractivity contribution in [3.63, 3.8) is 0 Å². The Balaban J connectivity index is 1.77. The minimum absolute atomic E-state index is 0.0742. The van der Waals surface area contributed by atoms with Gasteiger partial charge in [-0.1, -0.05) is 12.1 Å².